The van der Waals surface area contributed by atoms with Gasteiger partial charge in [-0.05, 0) is 25.0 Å². The molecular formula is C14H22ClN3O2. The van der Waals surface area contributed by atoms with Crippen LogP contribution in [0, 0.1) is 5.92 Å². The number of hydrogen-bond acceptors (Lipinski definition) is 4. The van der Waals surface area contributed by atoms with E-state index < -0.39 is 5.60 Å². The Morgan fingerprint density at radius 2 is 2.20 bits per heavy atom. The van der Waals surface area contributed by atoms with Gasteiger partial charge in [0.25, 0.3) is 5.91 Å². The Bertz CT molecular complexity index is 477. The fourth-order valence-corrected chi connectivity index (χ4v) is 1.94. The number of halogens is 1. The van der Waals surface area contributed by atoms with Crippen LogP contribution in [-0.2, 0) is 0 Å². The summed E-state index contributed by atoms with van der Waals surface area (Å²) >= 11 is 5.86. The highest BCUT2D eigenvalue weighted by atomic mass is 35.5. The van der Waals surface area contributed by atoms with Crippen molar-refractivity contribution in [3.63, 3.8) is 0 Å². The maximum absolute atomic E-state index is 12.1. The lowest BCUT2D eigenvalue weighted by molar-refractivity contribution is 0.00593. The molecule has 0 fully saturated rings. The minimum absolute atomic E-state index is 0.0942. The van der Waals surface area contributed by atoms with Crippen molar-refractivity contribution in [2.75, 3.05) is 18.9 Å². The molecule has 0 saturated heterocycles. The van der Waals surface area contributed by atoms with Gasteiger partial charge in [0.05, 0.1) is 5.60 Å². The molecule has 1 amide bonds. The van der Waals surface area contributed by atoms with E-state index in [2.05, 4.69) is 15.6 Å². The van der Waals surface area contributed by atoms with Crippen LogP contribution in [0.25, 0.3) is 0 Å². The fourth-order valence-electron chi connectivity index (χ4n) is 1.73. The van der Waals surface area contributed by atoms with Crippen molar-refractivity contribution < 1.29 is 9.90 Å². The summed E-state index contributed by atoms with van der Waals surface area (Å²) in [6.07, 6.45) is 0.841. The predicted octanol–water partition coefficient (Wildman–Crippen LogP) is 2.30. The first-order chi connectivity index (χ1) is 9.30. The molecule has 0 radical (unpaired) electrons. The van der Waals surface area contributed by atoms with Crippen LogP contribution in [0.3, 0.4) is 0 Å². The molecule has 20 heavy (non-hydrogen) atoms. The maximum Gasteiger partial charge on any atom is 0.251 e. The molecule has 0 saturated carbocycles. The van der Waals surface area contributed by atoms with Crippen LogP contribution in [0.2, 0.25) is 5.15 Å². The molecule has 3 N–H and O–H groups in total. The quantitative estimate of drug-likeness (QED) is 0.705. The average Bonchev–Trinajstić information content (AvgIpc) is 2.42. The summed E-state index contributed by atoms with van der Waals surface area (Å²) < 4.78 is 0. The summed E-state index contributed by atoms with van der Waals surface area (Å²) in [5.74, 6) is 0.336. The zero-order valence-electron chi connectivity index (χ0n) is 12.3. The van der Waals surface area contributed by atoms with Crippen molar-refractivity contribution in [3.8, 4) is 0 Å². The molecule has 5 nitrogen and oxygen atoms in total. The number of carbonyl (C=O) groups excluding carboxylic acids is 1. The molecule has 112 valence electrons. The van der Waals surface area contributed by atoms with Crippen LogP contribution < -0.4 is 10.6 Å². The van der Waals surface area contributed by atoms with E-state index in [1.165, 1.54) is 6.07 Å². The Balaban J connectivity index is 2.75. The normalized spacial score (nSPS) is 15.3. The van der Waals surface area contributed by atoms with Crippen molar-refractivity contribution in [1.29, 1.82) is 0 Å². The largest absolute Gasteiger partial charge is 0.388 e. The molecule has 1 rings (SSSR count). The van der Waals surface area contributed by atoms with Crippen molar-refractivity contribution in [2.45, 2.75) is 32.8 Å². The predicted molar refractivity (Wildman–Crippen MR) is 81.2 cm³/mol. The summed E-state index contributed by atoms with van der Waals surface area (Å²) in [7, 11) is 1.70. The summed E-state index contributed by atoms with van der Waals surface area (Å²) in [6, 6.07) is 3.11. The molecule has 0 aliphatic carbocycles. The van der Waals surface area contributed by atoms with E-state index in [9.17, 15) is 9.90 Å². The lowest BCUT2D eigenvalue weighted by Gasteiger charge is -2.29. The van der Waals surface area contributed by atoms with Crippen LogP contribution in [0.4, 0.5) is 5.82 Å². The molecule has 0 aromatic carbocycles. The second-order valence-corrected chi connectivity index (χ2v) is 5.55. The molecule has 6 heteroatoms. The molecule has 0 spiro atoms. The van der Waals surface area contributed by atoms with Gasteiger partial charge in [-0.1, -0.05) is 31.9 Å². The van der Waals surface area contributed by atoms with Gasteiger partial charge >= 0.3 is 0 Å². The van der Waals surface area contributed by atoms with E-state index in [-0.39, 0.29) is 23.5 Å². The second kappa shape index (κ2) is 6.90. The molecular weight excluding hydrogens is 278 g/mol. The van der Waals surface area contributed by atoms with E-state index in [4.69, 9.17) is 11.6 Å². The van der Waals surface area contributed by atoms with E-state index in [0.717, 1.165) is 6.42 Å². The van der Waals surface area contributed by atoms with Gasteiger partial charge in [-0.25, -0.2) is 4.98 Å². The Labute approximate surface area is 124 Å². The molecule has 2 atom stereocenters. The van der Waals surface area contributed by atoms with Gasteiger partial charge < -0.3 is 15.7 Å². The molecule has 1 aromatic heterocycles. The van der Waals surface area contributed by atoms with E-state index in [1.807, 2.05) is 13.8 Å². The zero-order valence-corrected chi connectivity index (χ0v) is 13.1. The van der Waals surface area contributed by atoms with Gasteiger partial charge in [-0.3, -0.25) is 4.79 Å². The van der Waals surface area contributed by atoms with Crippen molar-refractivity contribution in [2.24, 2.45) is 5.92 Å². The Kier molecular flexibility index (Phi) is 5.77. The van der Waals surface area contributed by atoms with Gasteiger partial charge in [0.1, 0.15) is 11.0 Å². The van der Waals surface area contributed by atoms with Crippen molar-refractivity contribution in [3.05, 3.63) is 22.8 Å². The lowest BCUT2D eigenvalue weighted by atomic mass is 9.88. The smallest absolute Gasteiger partial charge is 0.251 e. The van der Waals surface area contributed by atoms with Gasteiger partial charge in [0, 0.05) is 19.2 Å². The number of amides is 1. The number of nitrogens with one attached hydrogen (secondary N) is 2. The summed E-state index contributed by atoms with van der Waals surface area (Å²) in [6.45, 7) is 5.87. The monoisotopic (exact) mass is 299 g/mol. The number of pyridine rings is 1. The fraction of sp³-hybridized carbons (Fsp3) is 0.571. The first kappa shape index (κ1) is 16.7. The lowest BCUT2D eigenvalue weighted by Crippen LogP contribution is -2.45. The first-order valence-electron chi connectivity index (χ1n) is 6.66. The Hall–Kier alpha value is -1.33. The van der Waals surface area contributed by atoms with Gasteiger partial charge in [0.15, 0.2) is 0 Å². The highest BCUT2D eigenvalue weighted by molar-refractivity contribution is 6.29. The van der Waals surface area contributed by atoms with Crippen LogP contribution in [-0.4, -0.2) is 35.2 Å². The number of rotatable bonds is 6. The number of aromatic nitrogens is 1. The molecule has 2 unspecified atom stereocenters. The number of anilines is 1. The van der Waals surface area contributed by atoms with Crippen molar-refractivity contribution in [1.82, 2.24) is 10.3 Å². The first-order valence-corrected chi connectivity index (χ1v) is 7.04. The third kappa shape index (κ3) is 4.35. The number of aliphatic hydroxyl groups is 1. The van der Waals surface area contributed by atoms with Gasteiger partial charge in [-0.2, -0.15) is 0 Å². The third-order valence-corrected chi connectivity index (χ3v) is 3.79. The Morgan fingerprint density at radius 3 is 2.75 bits per heavy atom. The standard InChI is InChI=1S/C14H22ClN3O2/c1-5-9(2)14(3,20)8-17-13(19)10-6-11(15)18-12(7-10)16-4/h6-7,9,20H,5,8H2,1-4H3,(H,16,18)(H,17,19). The maximum atomic E-state index is 12.1. The summed E-state index contributed by atoms with van der Waals surface area (Å²) in [4.78, 5) is 16.1. The van der Waals surface area contributed by atoms with Gasteiger partial charge in [-0.15, -0.1) is 0 Å². The SMILES string of the molecule is CCC(C)C(C)(O)CNC(=O)c1cc(Cl)nc(NC)c1. The van der Waals surface area contributed by atoms with E-state index in [0.29, 0.717) is 11.4 Å². The highest BCUT2D eigenvalue weighted by Gasteiger charge is 2.27. The average molecular weight is 300 g/mol. The molecule has 0 aliphatic heterocycles. The molecule has 1 aromatic rings. The minimum Gasteiger partial charge on any atom is -0.388 e. The minimum atomic E-state index is -0.937. The second-order valence-electron chi connectivity index (χ2n) is 5.16. The van der Waals surface area contributed by atoms with E-state index in [1.54, 1.807) is 20.0 Å². The third-order valence-electron chi connectivity index (χ3n) is 3.59. The number of hydrogen-bond donors (Lipinski definition) is 3. The molecule has 0 aliphatic rings. The molecule has 1 heterocycles. The Morgan fingerprint density at radius 1 is 1.55 bits per heavy atom. The molecule has 0 bridgehead atoms. The number of nitrogens with zero attached hydrogens (tertiary/aromatic N) is 1. The van der Waals surface area contributed by atoms with Crippen LogP contribution in [0.5, 0.6) is 0 Å². The highest BCUT2D eigenvalue weighted by Crippen LogP contribution is 2.19. The van der Waals surface area contributed by atoms with Crippen LogP contribution >= 0.6 is 11.6 Å². The van der Waals surface area contributed by atoms with Gasteiger partial charge in [0.2, 0.25) is 0 Å². The number of carbonyl (C=O) groups is 1. The summed E-state index contributed by atoms with van der Waals surface area (Å²) in [5.41, 5.74) is -0.526. The zero-order chi connectivity index (χ0) is 15.3. The topological polar surface area (TPSA) is 74.2 Å². The summed E-state index contributed by atoms with van der Waals surface area (Å²) in [5, 5.41) is 16.1. The van der Waals surface area contributed by atoms with Crippen LogP contribution in [0.1, 0.15) is 37.6 Å². The van der Waals surface area contributed by atoms with Crippen molar-refractivity contribution >= 4 is 23.3 Å². The van der Waals surface area contributed by atoms with E-state index >= 15 is 0 Å². The van der Waals surface area contributed by atoms with Crippen LogP contribution in [0.15, 0.2) is 12.1 Å².